The minimum Gasteiger partial charge on any atom is -0.364 e. The molecule has 3 rings (SSSR count). The molecule has 25 heavy (non-hydrogen) atoms. The molecule has 1 atom stereocenters. The highest BCUT2D eigenvalue weighted by Crippen LogP contribution is 2.15. The number of carbonyl (C=O) groups excluding carboxylic acids is 1. The van der Waals surface area contributed by atoms with Crippen molar-refractivity contribution in [2.45, 2.75) is 18.2 Å². The number of rotatable bonds is 5. The number of piperazine rings is 1. The van der Waals surface area contributed by atoms with Crippen LogP contribution in [-0.2, 0) is 20.6 Å². The second-order valence-corrected chi connectivity index (χ2v) is 9.08. The highest BCUT2D eigenvalue weighted by Gasteiger charge is 2.30. The fourth-order valence-corrected chi connectivity index (χ4v) is 5.27. The molecule has 2 fully saturated rings. The van der Waals surface area contributed by atoms with Crippen LogP contribution in [0.4, 0.5) is 0 Å². The Labute approximate surface area is 158 Å². The monoisotopic (exact) mass is 410 g/mol. The van der Waals surface area contributed by atoms with Crippen LogP contribution in [0.25, 0.3) is 0 Å². The van der Waals surface area contributed by atoms with Gasteiger partial charge in [-0.2, -0.15) is 16.1 Å². The number of thioether (sulfide) groups is 1. The number of aromatic nitrogens is 1. The third-order valence-corrected chi connectivity index (χ3v) is 7.17. The van der Waals surface area contributed by atoms with Gasteiger partial charge in [0.05, 0.1) is 5.69 Å². The standard InChI is InChI=1S/C14H22N4O4S2.ClH/c19-14(9-13-10-23-8-2-15-13)17-3-5-18(6-4-17)24(20,21)11-12-1-7-22-16-12;/h1,7,13,15H,2-6,8-11H2;1H. The molecule has 2 aliphatic heterocycles. The zero-order valence-electron chi connectivity index (χ0n) is 13.8. The van der Waals surface area contributed by atoms with Gasteiger partial charge in [-0.15, -0.1) is 12.4 Å². The van der Waals surface area contributed by atoms with Gasteiger partial charge < -0.3 is 14.7 Å². The van der Waals surface area contributed by atoms with Crippen LogP contribution in [0.1, 0.15) is 12.1 Å². The van der Waals surface area contributed by atoms with Crippen LogP contribution < -0.4 is 5.32 Å². The number of hydrogen-bond acceptors (Lipinski definition) is 7. The lowest BCUT2D eigenvalue weighted by Gasteiger charge is -2.35. The molecule has 0 radical (unpaired) electrons. The smallest absolute Gasteiger partial charge is 0.224 e. The summed E-state index contributed by atoms with van der Waals surface area (Å²) in [5.41, 5.74) is 0.398. The Kier molecular flexibility index (Phi) is 7.56. The van der Waals surface area contributed by atoms with Crippen LogP contribution in [0, 0.1) is 0 Å². The van der Waals surface area contributed by atoms with Crippen molar-refractivity contribution in [2.24, 2.45) is 0 Å². The highest BCUT2D eigenvalue weighted by atomic mass is 35.5. The van der Waals surface area contributed by atoms with E-state index in [1.165, 1.54) is 10.6 Å². The molecular formula is C14H23ClN4O4S2. The normalized spacial score (nSPS) is 22.4. The topological polar surface area (TPSA) is 95.8 Å². The molecule has 3 heterocycles. The summed E-state index contributed by atoms with van der Waals surface area (Å²) in [7, 11) is -3.43. The maximum Gasteiger partial charge on any atom is 0.224 e. The van der Waals surface area contributed by atoms with E-state index in [0.29, 0.717) is 38.3 Å². The first-order chi connectivity index (χ1) is 11.5. The number of sulfonamides is 1. The molecule has 0 bridgehead atoms. The summed E-state index contributed by atoms with van der Waals surface area (Å²) < 4.78 is 30.9. The summed E-state index contributed by atoms with van der Waals surface area (Å²) >= 11 is 1.86. The van der Waals surface area contributed by atoms with E-state index < -0.39 is 10.0 Å². The first kappa shape index (κ1) is 20.5. The van der Waals surface area contributed by atoms with E-state index in [2.05, 4.69) is 15.0 Å². The highest BCUT2D eigenvalue weighted by molar-refractivity contribution is 7.99. The Hall–Kier alpha value is -0.810. The van der Waals surface area contributed by atoms with Crippen molar-refractivity contribution in [3.63, 3.8) is 0 Å². The minimum atomic E-state index is -3.43. The Morgan fingerprint density at radius 3 is 2.72 bits per heavy atom. The second kappa shape index (κ2) is 9.22. The first-order valence-corrected chi connectivity index (χ1v) is 10.8. The van der Waals surface area contributed by atoms with Crippen LogP contribution in [-0.4, -0.2) is 79.0 Å². The molecule has 0 aliphatic carbocycles. The van der Waals surface area contributed by atoms with E-state index in [0.717, 1.165) is 18.1 Å². The third kappa shape index (κ3) is 5.58. The molecule has 1 aromatic heterocycles. The number of nitrogens with zero attached hydrogens (tertiary/aromatic N) is 3. The molecule has 1 aromatic rings. The van der Waals surface area contributed by atoms with Gasteiger partial charge in [0.25, 0.3) is 0 Å². The van der Waals surface area contributed by atoms with E-state index in [1.807, 2.05) is 11.8 Å². The molecule has 1 amide bonds. The van der Waals surface area contributed by atoms with Gasteiger partial charge in [0.1, 0.15) is 12.0 Å². The van der Waals surface area contributed by atoms with Crippen molar-refractivity contribution >= 4 is 40.1 Å². The van der Waals surface area contributed by atoms with Crippen LogP contribution in [0.2, 0.25) is 0 Å². The average molecular weight is 411 g/mol. The summed E-state index contributed by atoms with van der Waals surface area (Å²) in [6.45, 7) is 2.49. The lowest BCUT2D eigenvalue weighted by Crippen LogP contribution is -2.52. The maximum absolute atomic E-state index is 12.4. The van der Waals surface area contributed by atoms with Gasteiger partial charge in [-0.05, 0) is 0 Å². The second-order valence-electron chi connectivity index (χ2n) is 5.96. The lowest BCUT2D eigenvalue weighted by molar-refractivity contribution is -0.132. The van der Waals surface area contributed by atoms with Crippen LogP contribution in [0.15, 0.2) is 16.9 Å². The van der Waals surface area contributed by atoms with Gasteiger partial charge in [-0.3, -0.25) is 4.79 Å². The van der Waals surface area contributed by atoms with E-state index >= 15 is 0 Å². The van der Waals surface area contributed by atoms with Gasteiger partial charge in [-0.25, -0.2) is 8.42 Å². The van der Waals surface area contributed by atoms with E-state index in [1.54, 1.807) is 11.0 Å². The number of carbonyl (C=O) groups is 1. The summed E-state index contributed by atoms with van der Waals surface area (Å²) in [4.78, 5) is 14.1. The quantitative estimate of drug-likeness (QED) is 0.738. The Balaban J connectivity index is 0.00000225. The van der Waals surface area contributed by atoms with Crippen molar-refractivity contribution in [1.29, 1.82) is 0 Å². The van der Waals surface area contributed by atoms with Crippen molar-refractivity contribution in [1.82, 2.24) is 19.7 Å². The zero-order valence-corrected chi connectivity index (χ0v) is 16.2. The molecule has 8 nitrogen and oxygen atoms in total. The molecule has 142 valence electrons. The van der Waals surface area contributed by atoms with Crippen molar-refractivity contribution in [3.05, 3.63) is 18.0 Å². The van der Waals surface area contributed by atoms with Crippen LogP contribution in [0.5, 0.6) is 0 Å². The molecule has 0 saturated carbocycles. The van der Waals surface area contributed by atoms with Gasteiger partial charge >= 0.3 is 0 Å². The van der Waals surface area contributed by atoms with Crippen molar-refractivity contribution in [3.8, 4) is 0 Å². The van der Waals surface area contributed by atoms with Crippen LogP contribution in [0.3, 0.4) is 0 Å². The van der Waals surface area contributed by atoms with E-state index in [-0.39, 0.29) is 30.1 Å². The summed E-state index contributed by atoms with van der Waals surface area (Å²) in [6.07, 6.45) is 1.84. The van der Waals surface area contributed by atoms with Gasteiger partial charge in [0, 0.05) is 62.8 Å². The fraction of sp³-hybridized carbons (Fsp3) is 0.714. The largest absolute Gasteiger partial charge is 0.364 e. The molecule has 0 spiro atoms. The van der Waals surface area contributed by atoms with Crippen LogP contribution >= 0.6 is 24.2 Å². The molecule has 1 unspecified atom stereocenters. The van der Waals surface area contributed by atoms with E-state index in [9.17, 15) is 13.2 Å². The summed E-state index contributed by atoms with van der Waals surface area (Å²) in [6, 6.07) is 1.78. The number of nitrogens with one attached hydrogen (secondary N) is 1. The van der Waals surface area contributed by atoms with Crippen molar-refractivity contribution < 1.29 is 17.7 Å². The fourth-order valence-electron chi connectivity index (χ4n) is 2.90. The number of halogens is 1. The van der Waals surface area contributed by atoms with Crippen molar-refractivity contribution in [2.75, 3.05) is 44.2 Å². The minimum absolute atomic E-state index is 0. The van der Waals surface area contributed by atoms with Gasteiger partial charge in [-0.1, -0.05) is 5.16 Å². The Morgan fingerprint density at radius 2 is 2.12 bits per heavy atom. The lowest BCUT2D eigenvalue weighted by atomic mass is 10.2. The molecule has 1 N–H and O–H groups in total. The van der Waals surface area contributed by atoms with Gasteiger partial charge in [0.15, 0.2) is 0 Å². The molecular weight excluding hydrogens is 388 g/mol. The molecule has 11 heteroatoms. The maximum atomic E-state index is 12.4. The summed E-state index contributed by atoms with van der Waals surface area (Å²) in [5.74, 6) is 1.98. The molecule has 0 aromatic carbocycles. The first-order valence-electron chi connectivity index (χ1n) is 8.00. The predicted molar refractivity (Wildman–Crippen MR) is 98.3 cm³/mol. The SMILES string of the molecule is Cl.O=C(CC1CSCCN1)N1CCN(S(=O)(=O)Cc2ccon2)CC1. The van der Waals surface area contributed by atoms with Gasteiger partial charge in [0.2, 0.25) is 15.9 Å². The number of hydrogen-bond donors (Lipinski definition) is 1. The molecule has 2 saturated heterocycles. The summed E-state index contributed by atoms with van der Waals surface area (Å²) in [5, 5.41) is 7.01. The third-order valence-electron chi connectivity index (χ3n) is 4.23. The Bertz CT molecular complexity index is 642. The predicted octanol–water partition coefficient (Wildman–Crippen LogP) is 0.166. The molecule has 2 aliphatic rings. The van der Waals surface area contributed by atoms with E-state index in [4.69, 9.17) is 0 Å². The Morgan fingerprint density at radius 1 is 1.36 bits per heavy atom. The average Bonchev–Trinajstić information content (AvgIpc) is 3.08. The number of amides is 1. The zero-order chi connectivity index (χ0) is 17.0.